The van der Waals surface area contributed by atoms with Gasteiger partial charge in [0.05, 0.1) is 19.8 Å². The van der Waals surface area contributed by atoms with E-state index in [0.29, 0.717) is 13.0 Å². The zero-order valence-electron chi connectivity index (χ0n) is 41.8. The van der Waals surface area contributed by atoms with Crippen LogP contribution in [0.15, 0.2) is 48.6 Å². The third kappa shape index (κ3) is 49.7. The molecular weight excluding hydrogens is 838 g/mol. The predicted octanol–water partition coefficient (Wildman–Crippen LogP) is 15.8. The van der Waals surface area contributed by atoms with Crippen LogP contribution in [0.3, 0.4) is 0 Å². The summed E-state index contributed by atoms with van der Waals surface area (Å²) >= 11 is 0. The number of aliphatic carboxylic acids is 1. The van der Waals surface area contributed by atoms with Gasteiger partial charge in [-0.15, -0.1) is 0 Å². The number of phosphoric ester groups is 1. The highest BCUT2D eigenvalue weighted by Gasteiger charge is 2.27. The van der Waals surface area contributed by atoms with Crippen LogP contribution in [-0.2, 0) is 32.7 Å². The van der Waals surface area contributed by atoms with Crippen LogP contribution in [0.2, 0.25) is 0 Å². The Labute approximate surface area is 399 Å². The van der Waals surface area contributed by atoms with Crippen molar-refractivity contribution >= 4 is 19.8 Å². The zero-order valence-corrected chi connectivity index (χ0v) is 42.7. The van der Waals surface area contributed by atoms with Crippen molar-refractivity contribution in [1.29, 1.82) is 0 Å². The summed E-state index contributed by atoms with van der Waals surface area (Å²) in [6, 6.07) is -1.48. The number of esters is 1. The number of unbranched alkanes of at least 4 members (excludes halogenated alkanes) is 29. The molecule has 0 saturated carbocycles. The van der Waals surface area contributed by atoms with Crippen molar-refractivity contribution < 1.29 is 42.7 Å². The third-order valence-corrected chi connectivity index (χ3v) is 12.5. The lowest BCUT2D eigenvalue weighted by Crippen LogP contribution is -2.34. The molecule has 0 aliphatic rings. The maximum absolute atomic E-state index is 12.7. The summed E-state index contributed by atoms with van der Waals surface area (Å²) < 4.78 is 33.5. The molecule has 0 fully saturated rings. The molecule has 0 rings (SSSR count). The van der Waals surface area contributed by atoms with Gasteiger partial charge in [-0.1, -0.05) is 210 Å². The van der Waals surface area contributed by atoms with E-state index in [2.05, 4.69) is 62.5 Å². The second kappa shape index (κ2) is 49.8. The molecular formula is C54H100NO9P. The molecule has 10 nitrogen and oxygen atoms in total. The fraction of sp³-hybridized carbons (Fsp3) is 0.815. The molecule has 0 bridgehead atoms. The number of allylic oxidation sites excluding steroid dienone is 8. The first-order valence-electron chi connectivity index (χ1n) is 26.7. The second-order valence-corrected chi connectivity index (χ2v) is 19.5. The van der Waals surface area contributed by atoms with Crippen molar-refractivity contribution in [3.63, 3.8) is 0 Å². The Kier molecular flexibility index (Phi) is 48.2. The largest absolute Gasteiger partial charge is 0.480 e. The van der Waals surface area contributed by atoms with Crippen LogP contribution in [0.1, 0.15) is 245 Å². The zero-order chi connectivity index (χ0) is 47.6. The molecule has 11 heteroatoms. The normalized spacial score (nSPS) is 14.0. The van der Waals surface area contributed by atoms with Crippen LogP contribution in [0.25, 0.3) is 0 Å². The van der Waals surface area contributed by atoms with Gasteiger partial charge in [0.1, 0.15) is 12.1 Å². The van der Waals surface area contributed by atoms with Crippen LogP contribution in [0.4, 0.5) is 0 Å². The highest BCUT2D eigenvalue weighted by atomic mass is 31.2. The molecule has 3 atom stereocenters. The fourth-order valence-corrected chi connectivity index (χ4v) is 8.21. The van der Waals surface area contributed by atoms with Crippen molar-refractivity contribution in [2.24, 2.45) is 5.73 Å². The van der Waals surface area contributed by atoms with Gasteiger partial charge in [-0.05, 0) is 77.0 Å². The van der Waals surface area contributed by atoms with Crippen molar-refractivity contribution in [3.05, 3.63) is 48.6 Å². The standard InChI is InChI=1S/C54H100NO9P/c1-3-5-7-9-11-13-15-17-19-21-23-25-26-27-28-30-32-34-36-38-40-42-44-46-53(56)64-51(49-62-65(59,60)63-50-52(55)54(57)58)48-61-47-45-43-41-39-37-35-33-31-29-24-22-20-18-16-14-12-10-8-6-4-2/h12,14,18,20-21,23-24,29,51-52H,3-11,13,15-17,19,22,25-28,30-50,55H2,1-2H3,(H,57,58)(H,59,60)/b14-12-,20-18-,23-21-,29-24-. The van der Waals surface area contributed by atoms with Crippen molar-refractivity contribution in [3.8, 4) is 0 Å². The minimum Gasteiger partial charge on any atom is -0.480 e. The first kappa shape index (κ1) is 62.9. The summed E-state index contributed by atoms with van der Waals surface area (Å²) in [4.78, 5) is 33.7. The summed E-state index contributed by atoms with van der Waals surface area (Å²) in [7, 11) is -4.63. The van der Waals surface area contributed by atoms with Gasteiger partial charge < -0.3 is 25.2 Å². The van der Waals surface area contributed by atoms with Gasteiger partial charge in [0.15, 0.2) is 0 Å². The molecule has 0 heterocycles. The molecule has 0 aromatic carbocycles. The Hall–Kier alpha value is -2.07. The summed E-state index contributed by atoms with van der Waals surface area (Å²) in [5.74, 6) is -1.78. The summed E-state index contributed by atoms with van der Waals surface area (Å²) in [6.45, 7) is 3.86. The van der Waals surface area contributed by atoms with Crippen molar-refractivity contribution in [2.75, 3.05) is 26.4 Å². The van der Waals surface area contributed by atoms with E-state index in [-0.39, 0.29) is 13.0 Å². The molecule has 0 radical (unpaired) electrons. The summed E-state index contributed by atoms with van der Waals surface area (Å²) in [5.41, 5.74) is 5.38. The van der Waals surface area contributed by atoms with E-state index in [0.717, 1.165) is 57.8 Å². The number of hydrogen-bond acceptors (Lipinski definition) is 8. The lowest BCUT2D eigenvalue weighted by molar-refractivity contribution is -0.154. The number of carbonyl (C=O) groups is 2. The molecule has 0 aromatic rings. The minimum absolute atomic E-state index is 0.0102. The van der Waals surface area contributed by atoms with Crippen LogP contribution < -0.4 is 5.73 Å². The van der Waals surface area contributed by atoms with E-state index in [1.807, 2.05) is 0 Å². The van der Waals surface area contributed by atoms with Gasteiger partial charge in [-0.2, -0.15) is 0 Å². The lowest BCUT2D eigenvalue weighted by Gasteiger charge is -2.20. The molecule has 0 amide bonds. The number of rotatable bonds is 51. The molecule has 380 valence electrons. The average Bonchev–Trinajstić information content (AvgIpc) is 3.29. The fourth-order valence-electron chi connectivity index (χ4n) is 7.43. The van der Waals surface area contributed by atoms with E-state index < -0.39 is 45.1 Å². The highest BCUT2D eigenvalue weighted by molar-refractivity contribution is 7.47. The third-order valence-electron chi connectivity index (χ3n) is 11.6. The smallest absolute Gasteiger partial charge is 0.472 e. The number of carboxylic acids is 1. The number of carbonyl (C=O) groups excluding carboxylic acids is 1. The maximum Gasteiger partial charge on any atom is 0.472 e. The van der Waals surface area contributed by atoms with E-state index >= 15 is 0 Å². The molecule has 4 N–H and O–H groups in total. The lowest BCUT2D eigenvalue weighted by atomic mass is 10.0. The van der Waals surface area contributed by atoms with Crippen molar-refractivity contribution in [1.82, 2.24) is 0 Å². The summed E-state index contributed by atoms with van der Waals surface area (Å²) in [5, 5.41) is 8.94. The Morgan fingerprint density at radius 3 is 1.31 bits per heavy atom. The van der Waals surface area contributed by atoms with Crippen LogP contribution >= 0.6 is 7.82 Å². The van der Waals surface area contributed by atoms with Crippen LogP contribution in [0.5, 0.6) is 0 Å². The van der Waals surface area contributed by atoms with E-state index in [1.54, 1.807) is 0 Å². The number of ether oxygens (including phenoxy) is 2. The number of nitrogens with two attached hydrogens (primary N) is 1. The van der Waals surface area contributed by atoms with Crippen LogP contribution in [0, 0.1) is 0 Å². The second-order valence-electron chi connectivity index (χ2n) is 18.0. The molecule has 0 aromatic heterocycles. The number of phosphoric acid groups is 1. The van der Waals surface area contributed by atoms with Gasteiger partial charge in [0.25, 0.3) is 0 Å². The van der Waals surface area contributed by atoms with Crippen LogP contribution in [-0.4, -0.2) is 60.5 Å². The molecule has 0 spiro atoms. The highest BCUT2D eigenvalue weighted by Crippen LogP contribution is 2.43. The quantitative estimate of drug-likeness (QED) is 0.0232. The summed E-state index contributed by atoms with van der Waals surface area (Å²) in [6.07, 6.45) is 60.2. The van der Waals surface area contributed by atoms with Gasteiger partial charge in [-0.3, -0.25) is 18.6 Å². The van der Waals surface area contributed by atoms with Gasteiger partial charge in [0.2, 0.25) is 0 Å². The molecule has 0 saturated heterocycles. The van der Waals surface area contributed by atoms with E-state index in [4.69, 9.17) is 29.4 Å². The van der Waals surface area contributed by atoms with Gasteiger partial charge in [0, 0.05) is 13.0 Å². The monoisotopic (exact) mass is 938 g/mol. The molecule has 3 unspecified atom stereocenters. The van der Waals surface area contributed by atoms with Gasteiger partial charge >= 0.3 is 19.8 Å². The first-order chi connectivity index (χ1) is 31.7. The predicted molar refractivity (Wildman–Crippen MR) is 272 cm³/mol. The minimum atomic E-state index is -4.63. The Morgan fingerprint density at radius 2 is 0.846 bits per heavy atom. The Morgan fingerprint density at radius 1 is 0.492 bits per heavy atom. The number of hydrogen-bond donors (Lipinski definition) is 3. The SMILES string of the molecule is CCCCC/C=C\C/C=C\C/C=C\CCCCCCCCCOCC(COP(=O)(O)OCC(N)C(=O)O)OC(=O)CCCCCCCCCCCCC/C=C\CCCCCCCCCC. The molecule has 0 aliphatic heterocycles. The molecule has 0 aliphatic carbocycles. The average molecular weight is 938 g/mol. The number of carboxylic acid groups (broad SMARTS) is 1. The van der Waals surface area contributed by atoms with E-state index in [9.17, 15) is 19.0 Å². The van der Waals surface area contributed by atoms with Crippen molar-refractivity contribution in [2.45, 2.75) is 257 Å². The van der Waals surface area contributed by atoms with E-state index in [1.165, 1.54) is 161 Å². The van der Waals surface area contributed by atoms with Gasteiger partial charge in [-0.25, -0.2) is 4.57 Å². The maximum atomic E-state index is 12.7. The Bertz CT molecular complexity index is 1220. The Balaban J connectivity index is 4.13. The molecule has 65 heavy (non-hydrogen) atoms. The first-order valence-corrected chi connectivity index (χ1v) is 28.2. The topological polar surface area (TPSA) is 155 Å².